The number of amides is 1. The third kappa shape index (κ3) is 2.72. The van der Waals surface area contributed by atoms with E-state index in [4.69, 9.17) is 10.8 Å². The molecule has 0 aromatic heterocycles. The number of nitrogens with zero attached hydrogens (tertiary/aromatic N) is 1. The van der Waals surface area contributed by atoms with Crippen molar-refractivity contribution in [3.05, 3.63) is 0 Å². The van der Waals surface area contributed by atoms with Crippen molar-refractivity contribution in [2.75, 3.05) is 19.6 Å². The monoisotopic (exact) mass is 228 g/mol. The average molecular weight is 228 g/mol. The molecule has 0 aromatic rings. The summed E-state index contributed by atoms with van der Waals surface area (Å²) in [5, 5.41) is 8.85. The van der Waals surface area contributed by atoms with Crippen LogP contribution in [0.2, 0.25) is 0 Å². The van der Waals surface area contributed by atoms with Gasteiger partial charge in [0.1, 0.15) is 0 Å². The zero-order valence-corrected chi connectivity index (χ0v) is 9.85. The van der Waals surface area contributed by atoms with Crippen molar-refractivity contribution >= 4 is 11.9 Å². The van der Waals surface area contributed by atoms with Crippen LogP contribution in [-0.4, -0.2) is 41.5 Å². The van der Waals surface area contributed by atoms with E-state index in [-0.39, 0.29) is 5.91 Å². The molecule has 0 aromatic carbocycles. The van der Waals surface area contributed by atoms with Crippen LogP contribution in [0.25, 0.3) is 0 Å². The van der Waals surface area contributed by atoms with Gasteiger partial charge in [-0.3, -0.25) is 9.59 Å². The minimum absolute atomic E-state index is 0.0640. The van der Waals surface area contributed by atoms with Gasteiger partial charge < -0.3 is 15.7 Å². The molecule has 0 saturated carbocycles. The molecule has 3 unspecified atom stereocenters. The molecule has 1 rings (SSSR count). The van der Waals surface area contributed by atoms with E-state index in [1.54, 1.807) is 18.7 Å². The topological polar surface area (TPSA) is 83.6 Å². The lowest BCUT2D eigenvalue weighted by Gasteiger charge is -2.23. The van der Waals surface area contributed by atoms with Crippen LogP contribution in [0.5, 0.6) is 0 Å². The van der Waals surface area contributed by atoms with Crippen LogP contribution in [0.1, 0.15) is 20.3 Å². The van der Waals surface area contributed by atoms with E-state index < -0.39 is 17.8 Å². The molecule has 5 nitrogen and oxygen atoms in total. The van der Waals surface area contributed by atoms with Gasteiger partial charge in [-0.2, -0.15) is 0 Å². The molecule has 1 amide bonds. The van der Waals surface area contributed by atoms with E-state index in [0.29, 0.717) is 25.6 Å². The second-order valence-corrected chi connectivity index (χ2v) is 4.59. The Hall–Kier alpha value is -1.10. The van der Waals surface area contributed by atoms with Gasteiger partial charge in [0.05, 0.1) is 5.92 Å². The molecule has 0 radical (unpaired) electrons. The van der Waals surface area contributed by atoms with Crippen molar-refractivity contribution < 1.29 is 14.7 Å². The Balaban J connectivity index is 2.55. The zero-order chi connectivity index (χ0) is 12.3. The lowest BCUT2D eigenvalue weighted by atomic mass is 9.95. The highest BCUT2D eigenvalue weighted by Gasteiger charge is 2.32. The second kappa shape index (κ2) is 5.30. The molecular weight excluding hydrogens is 208 g/mol. The van der Waals surface area contributed by atoms with Crippen LogP contribution in [0.15, 0.2) is 0 Å². The van der Waals surface area contributed by atoms with Crippen molar-refractivity contribution in [2.45, 2.75) is 20.3 Å². The van der Waals surface area contributed by atoms with Crippen molar-refractivity contribution in [3.8, 4) is 0 Å². The van der Waals surface area contributed by atoms with Crippen LogP contribution in [-0.2, 0) is 9.59 Å². The van der Waals surface area contributed by atoms with Gasteiger partial charge in [-0.05, 0) is 18.9 Å². The Kier molecular flexibility index (Phi) is 4.29. The summed E-state index contributed by atoms with van der Waals surface area (Å²) in [4.78, 5) is 24.5. The molecule has 5 heteroatoms. The number of carboxylic acid groups (broad SMARTS) is 1. The summed E-state index contributed by atoms with van der Waals surface area (Å²) in [7, 11) is 0. The van der Waals surface area contributed by atoms with Crippen LogP contribution in [0.4, 0.5) is 0 Å². The Morgan fingerprint density at radius 1 is 1.44 bits per heavy atom. The summed E-state index contributed by atoms with van der Waals surface area (Å²) < 4.78 is 0. The van der Waals surface area contributed by atoms with E-state index in [9.17, 15) is 9.59 Å². The van der Waals surface area contributed by atoms with E-state index in [1.165, 1.54) is 0 Å². The van der Waals surface area contributed by atoms with E-state index >= 15 is 0 Å². The molecule has 1 heterocycles. The molecule has 0 spiro atoms. The third-order valence-electron chi connectivity index (χ3n) is 3.46. The number of carbonyl (C=O) groups is 2. The maximum absolute atomic E-state index is 12.0. The van der Waals surface area contributed by atoms with E-state index in [0.717, 1.165) is 6.42 Å². The highest BCUT2D eigenvalue weighted by Crippen LogP contribution is 2.21. The van der Waals surface area contributed by atoms with E-state index in [1.807, 2.05) is 0 Å². The number of carbonyl (C=O) groups excluding carboxylic acids is 1. The number of hydrogen-bond acceptors (Lipinski definition) is 3. The SMILES string of the molecule is CC(C(=O)O)C(C)C(=O)N1CCC(CN)C1. The fourth-order valence-electron chi connectivity index (χ4n) is 1.94. The lowest BCUT2D eigenvalue weighted by molar-refractivity contribution is -0.148. The van der Waals surface area contributed by atoms with Gasteiger partial charge in [-0.15, -0.1) is 0 Å². The number of aliphatic carboxylic acids is 1. The number of hydrogen-bond donors (Lipinski definition) is 2. The number of nitrogens with two attached hydrogens (primary N) is 1. The maximum Gasteiger partial charge on any atom is 0.307 e. The summed E-state index contributed by atoms with van der Waals surface area (Å²) in [5.41, 5.74) is 5.55. The molecule has 0 aliphatic carbocycles. The average Bonchev–Trinajstić information content (AvgIpc) is 2.74. The van der Waals surface area contributed by atoms with Gasteiger partial charge in [0.25, 0.3) is 0 Å². The highest BCUT2D eigenvalue weighted by molar-refractivity contribution is 5.84. The third-order valence-corrected chi connectivity index (χ3v) is 3.46. The van der Waals surface area contributed by atoms with Crippen molar-refractivity contribution in [3.63, 3.8) is 0 Å². The van der Waals surface area contributed by atoms with Crippen LogP contribution in [0.3, 0.4) is 0 Å². The molecule has 1 fully saturated rings. The molecule has 3 N–H and O–H groups in total. The molecule has 0 bridgehead atoms. The molecule has 1 aliphatic heterocycles. The van der Waals surface area contributed by atoms with Gasteiger partial charge in [0.15, 0.2) is 0 Å². The predicted octanol–water partition coefficient (Wildman–Crippen LogP) is 0.150. The fraction of sp³-hybridized carbons (Fsp3) is 0.818. The molecule has 16 heavy (non-hydrogen) atoms. The standard InChI is InChI=1S/C11H20N2O3/c1-7(8(2)11(15)16)10(14)13-4-3-9(5-12)6-13/h7-9H,3-6,12H2,1-2H3,(H,15,16). The predicted molar refractivity (Wildman–Crippen MR) is 59.7 cm³/mol. The Morgan fingerprint density at radius 3 is 2.50 bits per heavy atom. The second-order valence-electron chi connectivity index (χ2n) is 4.59. The van der Waals surface area contributed by atoms with Crippen molar-refractivity contribution in [1.82, 2.24) is 4.90 Å². The number of rotatable bonds is 4. The minimum Gasteiger partial charge on any atom is -0.481 e. The van der Waals surface area contributed by atoms with Crippen LogP contribution < -0.4 is 5.73 Å². The van der Waals surface area contributed by atoms with Gasteiger partial charge in [-0.25, -0.2) is 0 Å². The van der Waals surface area contributed by atoms with E-state index in [2.05, 4.69) is 0 Å². The van der Waals surface area contributed by atoms with Crippen LogP contribution >= 0.6 is 0 Å². The van der Waals surface area contributed by atoms with Crippen molar-refractivity contribution in [2.24, 2.45) is 23.5 Å². The normalized spacial score (nSPS) is 24.2. The summed E-state index contributed by atoms with van der Waals surface area (Å²) in [6.45, 7) is 5.22. The smallest absolute Gasteiger partial charge is 0.307 e. The first kappa shape index (κ1) is 13.0. The molecular formula is C11H20N2O3. The fourth-order valence-corrected chi connectivity index (χ4v) is 1.94. The Labute approximate surface area is 95.6 Å². The highest BCUT2D eigenvalue weighted by atomic mass is 16.4. The van der Waals surface area contributed by atoms with Crippen LogP contribution in [0, 0.1) is 17.8 Å². The Morgan fingerprint density at radius 2 is 2.06 bits per heavy atom. The molecule has 1 aliphatic rings. The number of likely N-dealkylation sites (tertiary alicyclic amines) is 1. The number of carboxylic acids is 1. The van der Waals surface area contributed by atoms with Gasteiger partial charge >= 0.3 is 5.97 Å². The molecule has 92 valence electrons. The summed E-state index contributed by atoms with van der Waals surface area (Å²) >= 11 is 0. The maximum atomic E-state index is 12.0. The summed E-state index contributed by atoms with van der Waals surface area (Å²) in [5.74, 6) is -1.71. The summed E-state index contributed by atoms with van der Waals surface area (Å²) in [6, 6.07) is 0. The lowest BCUT2D eigenvalue weighted by Crippen LogP contribution is -2.38. The quantitative estimate of drug-likeness (QED) is 0.717. The molecule has 3 atom stereocenters. The first-order chi connectivity index (χ1) is 7.47. The van der Waals surface area contributed by atoms with Gasteiger partial charge in [0.2, 0.25) is 5.91 Å². The first-order valence-electron chi connectivity index (χ1n) is 5.69. The van der Waals surface area contributed by atoms with Gasteiger partial charge in [0, 0.05) is 19.0 Å². The zero-order valence-electron chi connectivity index (χ0n) is 9.85. The minimum atomic E-state index is -0.921. The van der Waals surface area contributed by atoms with Gasteiger partial charge in [-0.1, -0.05) is 13.8 Å². The first-order valence-corrected chi connectivity index (χ1v) is 5.69. The Bertz CT molecular complexity index is 280. The largest absolute Gasteiger partial charge is 0.481 e. The van der Waals surface area contributed by atoms with Crippen molar-refractivity contribution in [1.29, 1.82) is 0 Å². The summed E-state index contributed by atoms with van der Waals surface area (Å²) in [6.07, 6.45) is 0.927. The molecule has 1 saturated heterocycles.